The van der Waals surface area contributed by atoms with Crippen molar-refractivity contribution in [3.8, 4) is 0 Å². The number of likely N-dealkylation sites (tertiary alicyclic amines) is 1. The first-order chi connectivity index (χ1) is 8.19. The van der Waals surface area contributed by atoms with Crippen molar-refractivity contribution >= 4 is 0 Å². The monoisotopic (exact) mass is 238 g/mol. The fraction of sp³-hybridized carbons (Fsp3) is 0.857. The summed E-state index contributed by atoms with van der Waals surface area (Å²) >= 11 is 0. The lowest BCUT2D eigenvalue weighted by molar-refractivity contribution is -0.114. The Morgan fingerprint density at radius 1 is 1.24 bits per heavy atom. The quantitative estimate of drug-likeness (QED) is 0.645. The van der Waals surface area contributed by atoms with E-state index in [1.165, 1.54) is 25.9 Å². The summed E-state index contributed by atoms with van der Waals surface area (Å²) in [6.07, 6.45) is 4.63. The number of ether oxygens (including phenoxy) is 1. The van der Waals surface area contributed by atoms with Crippen molar-refractivity contribution in [2.24, 2.45) is 5.41 Å². The van der Waals surface area contributed by atoms with Crippen LogP contribution in [0.4, 0.5) is 0 Å². The first-order valence-electron chi connectivity index (χ1n) is 6.76. The van der Waals surface area contributed by atoms with Crippen LogP contribution in [0.1, 0.15) is 19.8 Å². The van der Waals surface area contributed by atoms with Crippen LogP contribution in [0.2, 0.25) is 0 Å². The lowest BCUT2D eigenvalue weighted by atomic mass is 9.60. The molecular weight excluding hydrogens is 212 g/mol. The molecule has 1 saturated carbocycles. The van der Waals surface area contributed by atoms with E-state index in [-0.39, 0.29) is 0 Å². The van der Waals surface area contributed by atoms with Crippen molar-refractivity contribution in [3.05, 3.63) is 12.7 Å². The molecule has 0 unspecified atom stereocenters. The van der Waals surface area contributed by atoms with E-state index in [2.05, 4.69) is 23.4 Å². The Morgan fingerprint density at radius 2 is 1.76 bits per heavy atom. The fourth-order valence-corrected chi connectivity index (χ4v) is 3.50. The van der Waals surface area contributed by atoms with Crippen LogP contribution < -0.4 is 0 Å². The molecule has 0 bridgehead atoms. The molecule has 0 aromatic rings. The summed E-state index contributed by atoms with van der Waals surface area (Å²) in [6, 6.07) is 0.882. The molecule has 17 heavy (non-hydrogen) atoms. The van der Waals surface area contributed by atoms with Gasteiger partial charge >= 0.3 is 0 Å². The minimum absolute atomic E-state index is 0.734. The van der Waals surface area contributed by atoms with Gasteiger partial charge in [-0.05, 0) is 32.2 Å². The largest absolute Gasteiger partial charge is 0.379 e. The Morgan fingerprint density at radius 3 is 2.24 bits per heavy atom. The van der Waals surface area contributed by atoms with Gasteiger partial charge in [0.2, 0.25) is 0 Å². The van der Waals surface area contributed by atoms with E-state index in [0.29, 0.717) is 0 Å². The number of hydrogen-bond donors (Lipinski definition) is 0. The molecule has 1 spiro atoms. The van der Waals surface area contributed by atoms with E-state index in [4.69, 9.17) is 4.74 Å². The summed E-state index contributed by atoms with van der Waals surface area (Å²) in [5.74, 6) is 0. The van der Waals surface area contributed by atoms with Gasteiger partial charge in [-0.3, -0.25) is 4.90 Å². The van der Waals surface area contributed by atoms with E-state index in [9.17, 15) is 0 Å². The highest BCUT2D eigenvalue weighted by Crippen LogP contribution is 2.49. The molecule has 3 rings (SSSR count). The first-order valence-corrected chi connectivity index (χ1v) is 6.76. The van der Waals surface area contributed by atoms with E-state index >= 15 is 0 Å². The zero-order valence-corrected chi connectivity index (χ0v) is 11.3. The highest BCUT2D eigenvalue weighted by Gasteiger charge is 2.52. The number of hydrogen-bond acceptors (Lipinski definition) is 3. The molecule has 0 amide bonds. The van der Waals surface area contributed by atoms with Gasteiger partial charge < -0.3 is 9.64 Å². The van der Waals surface area contributed by atoms with Gasteiger partial charge in [-0.2, -0.15) is 0 Å². The van der Waals surface area contributed by atoms with Crippen LogP contribution >= 0.6 is 0 Å². The van der Waals surface area contributed by atoms with Crippen molar-refractivity contribution in [3.63, 3.8) is 0 Å². The lowest BCUT2D eigenvalue weighted by Gasteiger charge is -2.60. The molecule has 1 aliphatic carbocycles. The standard InChI is InChI=1S/C11H20N2O.C3H6/c1-12-8-11(9-12)6-10(7-11)13-2-4-14-5-3-13;1-3-2/h10H,2-9H2,1H3;3H,1H2,2H3. The maximum absolute atomic E-state index is 5.38. The molecule has 2 aliphatic heterocycles. The molecule has 0 N–H and O–H groups in total. The van der Waals surface area contributed by atoms with Gasteiger partial charge in [-0.15, -0.1) is 6.58 Å². The van der Waals surface area contributed by atoms with Gasteiger partial charge in [-0.25, -0.2) is 0 Å². The fourth-order valence-electron chi connectivity index (χ4n) is 3.50. The van der Waals surface area contributed by atoms with Crippen molar-refractivity contribution in [2.75, 3.05) is 46.4 Å². The second kappa shape index (κ2) is 5.51. The number of nitrogens with zero attached hydrogens (tertiary/aromatic N) is 2. The normalized spacial score (nSPS) is 28.8. The third-order valence-corrected chi connectivity index (χ3v) is 4.11. The molecule has 98 valence electrons. The smallest absolute Gasteiger partial charge is 0.0594 e. The summed E-state index contributed by atoms with van der Waals surface area (Å²) in [7, 11) is 2.23. The van der Waals surface area contributed by atoms with E-state index in [0.717, 1.165) is 37.8 Å². The molecular formula is C14H26N2O. The van der Waals surface area contributed by atoms with E-state index in [1.54, 1.807) is 6.08 Å². The SMILES string of the molecule is C=CC.CN1CC2(CC(N3CCOCC3)C2)C1. The molecule has 3 heteroatoms. The summed E-state index contributed by atoms with van der Waals surface area (Å²) < 4.78 is 5.38. The van der Waals surface area contributed by atoms with Crippen molar-refractivity contribution < 1.29 is 4.74 Å². The van der Waals surface area contributed by atoms with Crippen LogP contribution in [0.25, 0.3) is 0 Å². The van der Waals surface area contributed by atoms with Crippen LogP contribution in [0.3, 0.4) is 0 Å². The second-order valence-electron chi connectivity index (χ2n) is 5.79. The van der Waals surface area contributed by atoms with Gasteiger partial charge in [0, 0.05) is 32.2 Å². The second-order valence-corrected chi connectivity index (χ2v) is 5.79. The van der Waals surface area contributed by atoms with E-state index in [1.807, 2.05) is 6.92 Å². The van der Waals surface area contributed by atoms with Crippen LogP contribution in [-0.4, -0.2) is 62.3 Å². The minimum Gasteiger partial charge on any atom is -0.379 e. The third-order valence-electron chi connectivity index (χ3n) is 4.11. The van der Waals surface area contributed by atoms with Crippen LogP contribution in [0, 0.1) is 5.41 Å². The first kappa shape index (κ1) is 13.1. The molecule has 0 atom stereocenters. The summed E-state index contributed by atoms with van der Waals surface area (Å²) in [5.41, 5.74) is 0.734. The minimum atomic E-state index is 0.734. The molecule has 2 heterocycles. The Bertz CT molecular complexity index is 247. The van der Waals surface area contributed by atoms with Gasteiger partial charge in [0.15, 0.2) is 0 Å². The Hall–Kier alpha value is -0.380. The predicted octanol–water partition coefficient (Wildman–Crippen LogP) is 1.61. The summed E-state index contributed by atoms with van der Waals surface area (Å²) in [6.45, 7) is 12.2. The number of allylic oxidation sites excluding steroid dienone is 1. The Kier molecular flexibility index (Phi) is 4.23. The van der Waals surface area contributed by atoms with Crippen LogP contribution in [-0.2, 0) is 4.74 Å². The van der Waals surface area contributed by atoms with Crippen LogP contribution in [0.5, 0.6) is 0 Å². The van der Waals surface area contributed by atoms with Gasteiger partial charge in [0.1, 0.15) is 0 Å². The number of rotatable bonds is 1. The van der Waals surface area contributed by atoms with Gasteiger partial charge in [0.05, 0.1) is 13.2 Å². The Balaban J connectivity index is 0.000000329. The zero-order valence-electron chi connectivity index (χ0n) is 11.3. The molecule has 0 aromatic carbocycles. The maximum atomic E-state index is 5.38. The highest BCUT2D eigenvalue weighted by atomic mass is 16.5. The molecule has 3 aliphatic rings. The molecule has 3 nitrogen and oxygen atoms in total. The highest BCUT2D eigenvalue weighted by molar-refractivity contribution is 5.06. The molecule has 3 fully saturated rings. The van der Waals surface area contributed by atoms with Crippen molar-refractivity contribution in [1.82, 2.24) is 9.80 Å². The van der Waals surface area contributed by atoms with Gasteiger partial charge in [-0.1, -0.05) is 6.08 Å². The zero-order chi connectivity index (χ0) is 12.3. The number of morpholine rings is 1. The van der Waals surface area contributed by atoms with Crippen molar-refractivity contribution in [1.29, 1.82) is 0 Å². The van der Waals surface area contributed by atoms with E-state index < -0.39 is 0 Å². The summed E-state index contributed by atoms with van der Waals surface area (Å²) in [4.78, 5) is 5.07. The average molecular weight is 238 g/mol. The van der Waals surface area contributed by atoms with Gasteiger partial charge in [0.25, 0.3) is 0 Å². The topological polar surface area (TPSA) is 15.7 Å². The molecule has 0 aromatic heterocycles. The molecule has 0 radical (unpaired) electrons. The van der Waals surface area contributed by atoms with Crippen LogP contribution in [0.15, 0.2) is 12.7 Å². The van der Waals surface area contributed by atoms with Crippen molar-refractivity contribution in [2.45, 2.75) is 25.8 Å². The maximum Gasteiger partial charge on any atom is 0.0594 e. The summed E-state index contributed by atoms with van der Waals surface area (Å²) in [5, 5.41) is 0. The predicted molar refractivity (Wildman–Crippen MR) is 71.2 cm³/mol. The Labute approximate surface area is 105 Å². The lowest BCUT2D eigenvalue weighted by Crippen LogP contribution is -2.66. The average Bonchev–Trinajstić information content (AvgIpc) is 2.24. The third kappa shape index (κ3) is 2.90. The molecule has 2 saturated heterocycles.